The summed E-state index contributed by atoms with van der Waals surface area (Å²) in [5, 5.41) is 14.7. The summed E-state index contributed by atoms with van der Waals surface area (Å²) in [5.41, 5.74) is 0.846. The fourth-order valence-corrected chi connectivity index (χ4v) is 2.96. The number of thiophene rings is 1. The molecule has 6 heteroatoms. The highest BCUT2D eigenvalue weighted by Gasteiger charge is 2.11. The van der Waals surface area contributed by atoms with E-state index in [4.69, 9.17) is 9.47 Å². The number of nitrogens with one attached hydrogen (secondary N) is 1. The van der Waals surface area contributed by atoms with Crippen molar-refractivity contribution in [3.05, 3.63) is 46.2 Å². The van der Waals surface area contributed by atoms with Crippen LogP contribution < -0.4 is 14.8 Å². The Kier molecular flexibility index (Phi) is 6.43. The number of amides is 1. The molecule has 0 fully saturated rings. The third-order valence-electron chi connectivity index (χ3n) is 3.42. The average molecular weight is 335 g/mol. The van der Waals surface area contributed by atoms with E-state index in [-0.39, 0.29) is 12.3 Å². The maximum atomic E-state index is 12.0. The van der Waals surface area contributed by atoms with Crippen LogP contribution in [0.5, 0.6) is 11.5 Å². The van der Waals surface area contributed by atoms with Gasteiger partial charge in [-0.3, -0.25) is 4.79 Å². The topological polar surface area (TPSA) is 67.8 Å². The van der Waals surface area contributed by atoms with Crippen LogP contribution >= 0.6 is 11.3 Å². The molecule has 0 aliphatic rings. The summed E-state index contributed by atoms with van der Waals surface area (Å²) in [5.74, 6) is 1.15. The SMILES string of the molecule is COc1ccc(CC(=O)NCCC(O)c2cccs2)cc1OC. The van der Waals surface area contributed by atoms with E-state index in [0.29, 0.717) is 24.5 Å². The van der Waals surface area contributed by atoms with Gasteiger partial charge in [-0.25, -0.2) is 0 Å². The molecular formula is C17H21NO4S. The lowest BCUT2D eigenvalue weighted by Gasteiger charge is -2.11. The van der Waals surface area contributed by atoms with Crippen molar-refractivity contribution in [1.29, 1.82) is 0 Å². The molecule has 1 amide bonds. The molecule has 1 heterocycles. The summed E-state index contributed by atoms with van der Waals surface area (Å²) in [6.07, 6.45) is 0.226. The number of hydrogen-bond donors (Lipinski definition) is 2. The number of methoxy groups -OCH3 is 2. The van der Waals surface area contributed by atoms with Gasteiger partial charge in [-0.2, -0.15) is 0 Å². The molecule has 0 bridgehead atoms. The van der Waals surface area contributed by atoms with Crippen LogP contribution in [0.25, 0.3) is 0 Å². The molecule has 5 nitrogen and oxygen atoms in total. The first kappa shape index (κ1) is 17.3. The van der Waals surface area contributed by atoms with Crippen LogP contribution in [0, 0.1) is 0 Å². The Labute approximate surface area is 139 Å². The van der Waals surface area contributed by atoms with Gasteiger partial charge < -0.3 is 19.9 Å². The van der Waals surface area contributed by atoms with Crippen molar-refractivity contribution in [2.75, 3.05) is 20.8 Å². The molecule has 1 aromatic heterocycles. The quantitative estimate of drug-likeness (QED) is 0.778. The molecule has 0 radical (unpaired) electrons. The molecule has 2 rings (SSSR count). The van der Waals surface area contributed by atoms with Gasteiger partial charge >= 0.3 is 0 Å². The maximum Gasteiger partial charge on any atom is 0.224 e. The number of benzene rings is 1. The third kappa shape index (κ3) is 4.97. The van der Waals surface area contributed by atoms with Gasteiger partial charge in [0, 0.05) is 11.4 Å². The minimum atomic E-state index is -0.531. The first-order valence-corrected chi connectivity index (χ1v) is 8.21. The molecule has 2 aromatic rings. The summed E-state index contributed by atoms with van der Waals surface area (Å²) in [7, 11) is 3.14. The number of aliphatic hydroxyl groups is 1. The smallest absolute Gasteiger partial charge is 0.224 e. The molecule has 0 saturated heterocycles. The Bertz CT molecular complexity index is 628. The highest BCUT2D eigenvalue weighted by molar-refractivity contribution is 7.10. The third-order valence-corrected chi connectivity index (χ3v) is 4.40. The monoisotopic (exact) mass is 335 g/mol. The van der Waals surface area contributed by atoms with E-state index >= 15 is 0 Å². The molecule has 1 unspecified atom stereocenters. The van der Waals surface area contributed by atoms with E-state index in [0.717, 1.165) is 10.4 Å². The van der Waals surface area contributed by atoms with Crippen molar-refractivity contribution >= 4 is 17.2 Å². The zero-order valence-electron chi connectivity index (χ0n) is 13.2. The molecule has 0 saturated carbocycles. The van der Waals surface area contributed by atoms with Crippen LogP contribution in [0.4, 0.5) is 0 Å². The summed E-state index contributed by atoms with van der Waals surface area (Å²) in [6.45, 7) is 0.436. The lowest BCUT2D eigenvalue weighted by molar-refractivity contribution is -0.120. The fraction of sp³-hybridized carbons (Fsp3) is 0.353. The Morgan fingerprint density at radius 2 is 2.04 bits per heavy atom. The average Bonchev–Trinajstić information content (AvgIpc) is 3.09. The molecule has 124 valence electrons. The van der Waals surface area contributed by atoms with Crippen LogP contribution in [0.1, 0.15) is 23.0 Å². The van der Waals surface area contributed by atoms with Crippen LogP contribution in [0.2, 0.25) is 0 Å². The fourth-order valence-electron chi connectivity index (χ4n) is 2.21. The standard InChI is InChI=1S/C17H21NO4S/c1-21-14-6-5-12(10-15(14)22-2)11-17(20)18-8-7-13(19)16-4-3-9-23-16/h3-6,9-10,13,19H,7-8,11H2,1-2H3,(H,18,20). The number of hydrogen-bond acceptors (Lipinski definition) is 5. The normalized spacial score (nSPS) is 11.8. The zero-order chi connectivity index (χ0) is 16.7. The highest BCUT2D eigenvalue weighted by atomic mass is 32.1. The summed E-state index contributed by atoms with van der Waals surface area (Å²) in [6, 6.07) is 9.20. The van der Waals surface area contributed by atoms with Crippen LogP contribution in [-0.2, 0) is 11.2 Å². The van der Waals surface area contributed by atoms with Gasteiger partial charge in [0.2, 0.25) is 5.91 Å². The second kappa shape index (κ2) is 8.55. The Morgan fingerprint density at radius 1 is 1.26 bits per heavy atom. The van der Waals surface area contributed by atoms with Crippen molar-refractivity contribution in [1.82, 2.24) is 5.32 Å². The highest BCUT2D eigenvalue weighted by Crippen LogP contribution is 2.27. The van der Waals surface area contributed by atoms with Gasteiger partial charge in [0.15, 0.2) is 11.5 Å². The summed E-state index contributed by atoms with van der Waals surface area (Å²) in [4.78, 5) is 12.9. The van der Waals surface area contributed by atoms with E-state index in [2.05, 4.69) is 5.32 Å². The predicted molar refractivity (Wildman–Crippen MR) is 90.2 cm³/mol. The molecular weight excluding hydrogens is 314 g/mol. The molecule has 2 N–H and O–H groups in total. The second-order valence-electron chi connectivity index (χ2n) is 5.04. The summed E-state index contributed by atoms with van der Waals surface area (Å²) < 4.78 is 10.4. The van der Waals surface area contributed by atoms with Crippen LogP contribution in [-0.4, -0.2) is 31.8 Å². The van der Waals surface area contributed by atoms with Crippen LogP contribution in [0.15, 0.2) is 35.7 Å². The van der Waals surface area contributed by atoms with E-state index in [1.807, 2.05) is 23.6 Å². The van der Waals surface area contributed by atoms with Gasteiger partial charge in [-0.1, -0.05) is 12.1 Å². The minimum Gasteiger partial charge on any atom is -0.493 e. The van der Waals surface area contributed by atoms with Gasteiger partial charge in [0.1, 0.15) is 0 Å². The Hall–Kier alpha value is -2.05. The van der Waals surface area contributed by atoms with E-state index in [9.17, 15) is 9.90 Å². The lowest BCUT2D eigenvalue weighted by Crippen LogP contribution is -2.27. The van der Waals surface area contributed by atoms with Crippen LogP contribution in [0.3, 0.4) is 0 Å². The zero-order valence-corrected chi connectivity index (χ0v) is 14.1. The molecule has 0 spiro atoms. The first-order valence-electron chi connectivity index (χ1n) is 7.33. The minimum absolute atomic E-state index is 0.0874. The van der Waals surface area contributed by atoms with Gasteiger partial charge in [0.25, 0.3) is 0 Å². The summed E-state index contributed by atoms with van der Waals surface area (Å²) >= 11 is 1.51. The largest absolute Gasteiger partial charge is 0.493 e. The number of ether oxygens (including phenoxy) is 2. The number of aliphatic hydroxyl groups excluding tert-OH is 1. The molecule has 0 aliphatic carbocycles. The predicted octanol–water partition coefficient (Wildman–Crippen LogP) is 2.55. The molecule has 0 aliphatic heterocycles. The van der Waals surface area contributed by atoms with E-state index < -0.39 is 6.10 Å². The molecule has 1 aromatic carbocycles. The van der Waals surface area contributed by atoms with Gasteiger partial charge in [0.05, 0.1) is 26.7 Å². The van der Waals surface area contributed by atoms with Gasteiger partial charge in [-0.15, -0.1) is 11.3 Å². The Morgan fingerprint density at radius 3 is 2.70 bits per heavy atom. The second-order valence-corrected chi connectivity index (χ2v) is 6.02. The number of rotatable bonds is 8. The number of carbonyl (C=O) groups excluding carboxylic acids is 1. The van der Waals surface area contributed by atoms with Crippen molar-refractivity contribution in [2.24, 2.45) is 0 Å². The lowest BCUT2D eigenvalue weighted by atomic mass is 10.1. The van der Waals surface area contributed by atoms with E-state index in [1.165, 1.54) is 11.3 Å². The Balaban J connectivity index is 1.80. The van der Waals surface area contributed by atoms with Gasteiger partial charge in [-0.05, 0) is 35.6 Å². The first-order chi connectivity index (χ1) is 11.1. The van der Waals surface area contributed by atoms with Crippen molar-refractivity contribution in [3.8, 4) is 11.5 Å². The number of carbonyl (C=O) groups is 1. The van der Waals surface area contributed by atoms with Crippen molar-refractivity contribution < 1.29 is 19.4 Å². The van der Waals surface area contributed by atoms with E-state index in [1.54, 1.807) is 26.4 Å². The maximum absolute atomic E-state index is 12.0. The van der Waals surface area contributed by atoms with Crippen molar-refractivity contribution in [2.45, 2.75) is 18.9 Å². The molecule has 23 heavy (non-hydrogen) atoms. The molecule has 1 atom stereocenters. The van der Waals surface area contributed by atoms with Crippen molar-refractivity contribution in [3.63, 3.8) is 0 Å².